The van der Waals surface area contributed by atoms with Gasteiger partial charge in [-0.05, 0) is 24.6 Å². The highest BCUT2D eigenvalue weighted by molar-refractivity contribution is 5.33. The van der Waals surface area contributed by atoms with Crippen LogP contribution >= 0.6 is 0 Å². The summed E-state index contributed by atoms with van der Waals surface area (Å²) in [6, 6.07) is 5.80. The largest absolute Gasteiger partial charge is 0.338 e. The SMILES string of the molecule is Fc1cccnc1CN1C2CC1CN(c1ncccn1)C2. The molecule has 0 aromatic carbocycles. The summed E-state index contributed by atoms with van der Waals surface area (Å²) in [5.41, 5.74) is 0.539. The Labute approximate surface area is 122 Å². The minimum atomic E-state index is -0.217. The molecule has 2 bridgehead atoms. The molecule has 6 heteroatoms. The van der Waals surface area contributed by atoms with Crippen LogP contribution in [0, 0.1) is 5.82 Å². The van der Waals surface area contributed by atoms with Crippen molar-refractivity contribution in [1.29, 1.82) is 0 Å². The third kappa shape index (κ3) is 2.25. The summed E-state index contributed by atoms with van der Waals surface area (Å²) in [6.07, 6.45) is 6.35. The lowest BCUT2D eigenvalue weighted by Gasteiger charge is -2.56. The lowest BCUT2D eigenvalue weighted by atomic mass is 9.87. The summed E-state index contributed by atoms with van der Waals surface area (Å²) < 4.78 is 13.7. The number of piperazine rings is 1. The van der Waals surface area contributed by atoms with Crippen LogP contribution in [0.4, 0.5) is 10.3 Å². The lowest BCUT2D eigenvalue weighted by Crippen LogP contribution is -2.68. The number of nitrogens with zero attached hydrogens (tertiary/aromatic N) is 5. The smallest absolute Gasteiger partial charge is 0.225 e. The predicted octanol–water partition coefficient (Wildman–Crippen LogP) is 1.47. The number of anilines is 1. The molecule has 0 N–H and O–H groups in total. The standard InChI is InChI=1S/C15H16FN5/c16-13-3-1-4-17-14(13)10-21-11-7-12(21)9-20(8-11)15-18-5-2-6-19-15/h1-6,11-12H,7-10H2. The van der Waals surface area contributed by atoms with Gasteiger partial charge in [0, 0.05) is 50.3 Å². The molecule has 3 saturated heterocycles. The number of rotatable bonds is 3. The van der Waals surface area contributed by atoms with Crippen LogP contribution in [0.15, 0.2) is 36.8 Å². The highest BCUT2D eigenvalue weighted by Crippen LogP contribution is 2.34. The van der Waals surface area contributed by atoms with E-state index in [1.807, 2.05) is 6.07 Å². The van der Waals surface area contributed by atoms with Crippen LogP contribution in [0.1, 0.15) is 12.1 Å². The van der Waals surface area contributed by atoms with Gasteiger partial charge in [0.1, 0.15) is 5.82 Å². The minimum Gasteiger partial charge on any atom is -0.338 e. The highest BCUT2D eigenvalue weighted by atomic mass is 19.1. The zero-order valence-electron chi connectivity index (χ0n) is 11.6. The quantitative estimate of drug-likeness (QED) is 0.854. The molecule has 5 rings (SSSR count). The number of hydrogen-bond acceptors (Lipinski definition) is 5. The molecule has 3 fully saturated rings. The van der Waals surface area contributed by atoms with Gasteiger partial charge in [0.05, 0.1) is 5.69 Å². The van der Waals surface area contributed by atoms with Gasteiger partial charge in [-0.1, -0.05) is 0 Å². The van der Waals surface area contributed by atoms with Gasteiger partial charge in [-0.15, -0.1) is 0 Å². The van der Waals surface area contributed by atoms with Crippen molar-refractivity contribution >= 4 is 5.95 Å². The van der Waals surface area contributed by atoms with Crippen molar-refractivity contribution in [2.75, 3.05) is 18.0 Å². The Kier molecular flexibility index (Phi) is 3.03. The number of hydrogen-bond donors (Lipinski definition) is 0. The van der Waals surface area contributed by atoms with E-state index < -0.39 is 0 Å². The summed E-state index contributed by atoms with van der Waals surface area (Å²) in [5, 5.41) is 0. The van der Waals surface area contributed by atoms with Gasteiger partial charge in [-0.3, -0.25) is 9.88 Å². The Morgan fingerprint density at radius 1 is 1.05 bits per heavy atom. The van der Waals surface area contributed by atoms with E-state index in [1.54, 1.807) is 24.7 Å². The second-order valence-corrected chi connectivity index (χ2v) is 5.60. The first kappa shape index (κ1) is 12.6. The Morgan fingerprint density at radius 2 is 1.76 bits per heavy atom. The Morgan fingerprint density at radius 3 is 2.48 bits per heavy atom. The topological polar surface area (TPSA) is 45.2 Å². The van der Waals surface area contributed by atoms with Gasteiger partial charge >= 0.3 is 0 Å². The average molecular weight is 285 g/mol. The molecule has 0 saturated carbocycles. The number of fused-ring (bicyclic) bond motifs is 2. The maximum absolute atomic E-state index is 13.7. The molecule has 108 valence electrons. The van der Waals surface area contributed by atoms with E-state index in [0.29, 0.717) is 24.3 Å². The van der Waals surface area contributed by atoms with Gasteiger partial charge in [-0.2, -0.15) is 0 Å². The molecule has 2 aromatic heterocycles. The number of pyridine rings is 1. The number of aromatic nitrogens is 3. The van der Waals surface area contributed by atoms with Gasteiger partial charge in [0.2, 0.25) is 5.95 Å². The fourth-order valence-electron chi connectivity index (χ4n) is 3.27. The molecule has 0 aliphatic carbocycles. The molecule has 3 aliphatic heterocycles. The van der Waals surface area contributed by atoms with E-state index in [9.17, 15) is 4.39 Å². The average Bonchev–Trinajstić information content (AvgIpc) is 2.55. The monoisotopic (exact) mass is 285 g/mol. The van der Waals surface area contributed by atoms with Crippen LogP contribution in [0.25, 0.3) is 0 Å². The number of piperidine rings is 1. The van der Waals surface area contributed by atoms with E-state index in [4.69, 9.17) is 0 Å². The van der Waals surface area contributed by atoms with Crippen LogP contribution in [-0.4, -0.2) is 45.0 Å². The van der Waals surface area contributed by atoms with Crippen molar-refractivity contribution < 1.29 is 4.39 Å². The zero-order chi connectivity index (χ0) is 14.2. The Balaban J connectivity index is 1.45. The first-order valence-electron chi connectivity index (χ1n) is 7.18. The van der Waals surface area contributed by atoms with Gasteiger partial charge < -0.3 is 4.90 Å². The van der Waals surface area contributed by atoms with Crippen molar-refractivity contribution in [2.24, 2.45) is 0 Å². The van der Waals surface area contributed by atoms with Crippen molar-refractivity contribution in [1.82, 2.24) is 19.9 Å². The predicted molar refractivity (Wildman–Crippen MR) is 76.2 cm³/mol. The third-order valence-electron chi connectivity index (χ3n) is 4.35. The molecular formula is C15H16FN5. The normalized spacial score (nSPS) is 24.7. The molecule has 0 amide bonds. The van der Waals surface area contributed by atoms with Crippen LogP contribution in [-0.2, 0) is 6.54 Å². The van der Waals surface area contributed by atoms with E-state index in [0.717, 1.165) is 25.5 Å². The van der Waals surface area contributed by atoms with E-state index in [2.05, 4.69) is 24.8 Å². The van der Waals surface area contributed by atoms with Gasteiger partial charge in [0.25, 0.3) is 0 Å². The highest BCUT2D eigenvalue weighted by Gasteiger charge is 2.45. The summed E-state index contributed by atoms with van der Waals surface area (Å²) in [7, 11) is 0. The van der Waals surface area contributed by atoms with E-state index >= 15 is 0 Å². The van der Waals surface area contributed by atoms with Crippen molar-refractivity contribution in [3.63, 3.8) is 0 Å². The molecule has 5 nitrogen and oxygen atoms in total. The first-order chi connectivity index (χ1) is 10.3. The molecule has 0 spiro atoms. The molecule has 5 heterocycles. The molecule has 2 aromatic rings. The van der Waals surface area contributed by atoms with E-state index in [1.165, 1.54) is 6.07 Å². The van der Waals surface area contributed by atoms with Crippen LogP contribution in [0.3, 0.4) is 0 Å². The van der Waals surface area contributed by atoms with Crippen molar-refractivity contribution in [2.45, 2.75) is 25.0 Å². The summed E-state index contributed by atoms with van der Waals surface area (Å²) in [6.45, 7) is 2.38. The van der Waals surface area contributed by atoms with E-state index in [-0.39, 0.29) is 5.82 Å². The van der Waals surface area contributed by atoms with Crippen LogP contribution < -0.4 is 4.90 Å². The molecule has 0 radical (unpaired) electrons. The maximum Gasteiger partial charge on any atom is 0.225 e. The molecule has 2 atom stereocenters. The fourth-order valence-corrected chi connectivity index (χ4v) is 3.27. The summed E-state index contributed by atoms with van der Waals surface area (Å²) >= 11 is 0. The van der Waals surface area contributed by atoms with Crippen molar-refractivity contribution in [3.8, 4) is 0 Å². The fraction of sp³-hybridized carbons (Fsp3) is 0.400. The molecule has 21 heavy (non-hydrogen) atoms. The Hall–Kier alpha value is -2.08. The second kappa shape index (κ2) is 5.04. The summed E-state index contributed by atoms with van der Waals surface area (Å²) in [4.78, 5) is 17.3. The van der Waals surface area contributed by atoms with Crippen LogP contribution in [0.5, 0.6) is 0 Å². The molecule has 2 unspecified atom stereocenters. The molecular weight excluding hydrogens is 269 g/mol. The van der Waals surface area contributed by atoms with Crippen molar-refractivity contribution in [3.05, 3.63) is 48.3 Å². The first-order valence-corrected chi connectivity index (χ1v) is 7.18. The zero-order valence-corrected chi connectivity index (χ0v) is 11.6. The Bertz CT molecular complexity index is 623. The summed E-state index contributed by atoms with van der Waals surface area (Å²) in [5.74, 6) is 0.571. The van der Waals surface area contributed by atoms with Gasteiger partial charge in [-0.25, -0.2) is 14.4 Å². The maximum atomic E-state index is 13.7. The van der Waals surface area contributed by atoms with Crippen LogP contribution in [0.2, 0.25) is 0 Å². The minimum absolute atomic E-state index is 0.217. The lowest BCUT2D eigenvalue weighted by molar-refractivity contribution is -0.0108. The molecule has 3 aliphatic rings. The second-order valence-electron chi connectivity index (χ2n) is 5.60. The number of halogens is 1. The third-order valence-corrected chi connectivity index (χ3v) is 4.35. The van der Waals surface area contributed by atoms with Gasteiger partial charge in [0.15, 0.2) is 0 Å².